The number of anilines is 2. The van der Waals surface area contributed by atoms with Crippen LogP contribution in [0.4, 0.5) is 11.6 Å². The van der Waals surface area contributed by atoms with Crippen molar-refractivity contribution in [3.8, 4) is 5.75 Å². The van der Waals surface area contributed by atoms with Gasteiger partial charge in [-0.2, -0.15) is 0 Å². The quantitative estimate of drug-likeness (QED) is 0.606. The summed E-state index contributed by atoms with van der Waals surface area (Å²) in [5, 5.41) is 6.17. The van der Waals surface area contributed by atoms with Crippen molar-refractivity contribution >= 4 is 17.5 Å². The number of nitrogens with one attached hydrogen (secondary N) is 2. The second kappa shape index (κ2) is 9.68. The predicted octanol–water partition coefficient (Wildman–Crippen LogP) is 4.07. The Balaban J connectivity index is 1.59. The molecule has 0 spiro atoms. The SMILES string of the molecule is CCc1cccc(C)c1Nc1ncc(C(=O)NCCc2ccccc2OC)cn1. The second-order valence-electron chi connectivity index (χ2n) is 6.70. The van der Waals surface area contributed by atoms with Gasteiger partial charge in [0.1, 0.15) is 5.75 Å². The van der Waals surface area contributed by atoms with Crippen LogP contribution in [0.5, 0.6) is 5.75 Å². The Labute approximate surface area is 171 Å². The van der Waals surface area contributed by atoms with E-state index in [2.05, 4.69) is 33.6 Å². The summed E-state index contributed by atoms with van der Waals surface area (Å²) in [6.45, 7) is 4.66. The van der Waals surface area contributed by atoms with E-state index in [1.165, 1.54) is 18.0 Å². The van der Waals surface area contributed by atoms with E-state index in [4.69, 9.17) is 4.74 Å². The molecule has 0 unspecified atom stereocenters. The van der Waals surface area contributed by atoms with Crippen molar-refractivity contribution in [1.29, 1.82) is 0 Å². The molecule has 6 nitrogen and oxygen atoms in total. The lowest BCUT2D eigenvalue weighted by atomic mass is 10.1. The summed E-state index contributed by atoms with van der Waals surface area (Å²) in [4.78, 5) is 21.0. The topological polar surface area (TPSA) is 76.1 Å². The van der Waals surface area contributed by atoms with Gasteiger partial charge < -0.3 is 15.4 Å². The number of amides is 1. The van der Waals surface area contributed by atoms with Gasteiger partial charge in [0.25, 0.3) is 5.91 Å². The Kier molecular flexibility index (Phi) is 6.79. The van der Waals surface area contributed by atoms with E-state index >= 15 is 0 Å². The standard InChI is InChI=1S/C23H26N4O2/c1-4-17-10-7-8-16(2)21(17)27-23-25-14-19(15-26-23)22(28)24-13-12-18-9-5-6-11-20(18)29-3/h5-11,14-15H,4,12-13H2,1-3H3,(H,24,28)(H,25,26,27). The van der Waals surface area contributed by atoms with Crippen molar-refractivity contribution in [1.82, 2.24) is 15.3 Å². The van der Waals surface area contributed by atoms with E-state index in [0.717, 1.165) is 29.0 Å². The minimum atomic E-state index is -0.198. The van der Waals surface area contributed by atoms with Gasteiger partial charge in [-0.3, -0.25) is 4.79 Å². The van der Waals surface area contributed by atoms with E-state index in [9.17, 15) is 4.79 Å². The van der Waals surface area contributed by atoms with Gasteiger partial charge in [-0.1, -0.05) is 43.3 Å². The first-order valence-corrected chi connectivity index (χ1v) is 9.70. The zero-order valence-electron chi connectivity index (χ0n) is 17.0. The van der Waals surface area contributed by atoms with Crippen molar-refractivity contribution in [2.45, 2.75) is 26.7 Å². The molecule has 2 aromatic carbocycles. The van der Waals surface area contributed by atoms with Gasteiger partial charge in [-0.15, -0.1) is 0 Å². The number of hydrogen-bond acceptors (Lipinski definition) is 5. The van der Waals surface area contributed by atoms with Gasteiger partial charge in [0.15, 0.2) is 0 Å². The average Bonchev–Trinajstić information content (AvgIpc) is 2.76. The first-order valence-electron chi connectivity index (χ1n) is 9.70. The molecule has 3 aromatic rings. The number of benzene rings is 2. The number of aryl methyl sites for hydroxylation is 2. The maximum atomic E-state index is 12.4. The number of aromatic nitrogens is 2. The molecule has 0 saturated carbocycles. The number of carbonyl (C=O) groups excluding carboxylic acids is 1. The number of methoxy groups -OCH3 is 1. The monoisotopic (exact) mass is 390 g/mol. The van der Waals surface area contributed by atoms with Crippen LogP contribution in [0.25, 0.3) is 0 Å². The lowest BCUT2D eigenvalue weighted by molar-refractivity contribution is 0.0953. The fraction of sp³-hybridized carbons (Fsp3) is 0.261. The molecule has 0 aliphatic heterocycles. The minimum Gasteiger partial charge on any atom is -0.496 e. The molecule has 3 rings (SSSR count). The Morgan fingerprint density at radius 1 is 1.03 bits per heavy atom. The van der Waals surface area contributed by atoms with Gasteiger partial charge in [0.2, 0.25) is 5.95 Å². The molecule has 0 aliphatic carbocycles. The fourth-order valence-corrected chi connectivity index (χ4v) is 3.15. The molecule has 150 valence electrons. The Morgan fingerprint density at radius 2 is 1.76 bits per heavy atom. The third kappa shape index (κ3) is 5.10. The molecule has 2 N–H and O–H groups in total. The highest BCUT2D eigenvalue weighted by molar-refractivity contribution is 5.93. The minimum absolute atomic E-state index is 0.198. The average molecular weight is 390 g/mol. The maximum Gasteiger partial charge on any atom is 0.254 e. The number of para-hydroxylation sites is 2. The van der Waals surface area contributed by atoms with Gasteiger partial charge in [-0.25, -0.2) is 9.97 Å². The van der Waals surface area contributed by atoms with Crippen molar-refractivity contribution < 1.29 is 9.53 Å². The summed E-state index contributed by atoms with van der Waals surface area (Å²) in [6, 6.07) is 14.0. The normalized spacial score (nSPS) is 10.4. The van der Waals surface area contributed by atoms with E-state index in [-0.39, 0.29) is 5.91 Å². The molecule has 1 heterocycles. The maximum absolute atomic E-state index is 12.4. The van der Waals surface area contributed by atoms with Crippen LogP contribution in [0.2, 0.25) is 0 Å². The van der Waals surface area contributed by atoms with E-state index in [0.29, 0.717) is 24.5 Å². The molecule has 0 bridgehead atoms. The highest BCUT2D eigenvalue weighted by Gasteiger charge is 2.10. The zero-order valence-corrected chi connectivity index (χ0v) is 17.0. The summed E-state index contributed by atoms with van der Waals surface area (Å²) < 4.78 is 5.33. The Morgan fingerprint density at radius 3 is 2.48 bits per heavy atom. The number of nitrogens with zero attached hydrogens (tertiary/aromatic N) is 2. The zero-order chi connectivity index (χ0) is 20.6. The molecule has 0 atom stereocenters. The van der Waals surface area contributed by atoms with Gasteiger partial charge in [0, 0.05) is 24.6 Å². The summed E-state index contributed by atoms with van der Waals surface area (Å²) in [7, 11) is 1.64. The molecule has 0 saturated heterocycles. The lowest BCUT2D eigenvalue weighted by Crippen LogP contribution is -2.26. The van der Waals surface area contributed by atoms with Crippen LogP contribution in [0.15, 0.2) is 54.9 Å². The first-order chi connectivity index (χ1) is 14.1. The Bertz CT molecular complexity index is 971. The molecule has 6 heteroatoms. The van der Waals surface area contributed by atoms with Crippen molar-refractivity contribution in [2.24, 2.45) is 0 Å². The highest BCUT2D eigenvalue weighted by Crippen LogP contribution is 2.23. The van der Waals surface area contributed by atoms with Crippen LogP contribution in [0.3, 0.4) is 0 Å². The van der Waals surface area contributed by atoms with Gasteiger partial charge in [0.05, 0.1) is 12.7 Å². The Hall–Kier alpha value is -3.41. The number of carbonyl (C=O) groups is 1. The van der Waals surface area contributed by atoms with Crippen LogP contribution in [0, 0.1) is 6.92 Å². The fourth-order valence-electron chi connectivity index (χ4n) is 3.15. The highest BCUT2D eigenvalue weighted by atomic mass is 16.5. The molecular weight excluding hydrogens is 364 g/mol. The number of rotatable bonds is 8. The van der Waals surface area contributed by atoms with Crippen molar-refractivity contribution in [2.75, 3.05) is 19.0 Å². The number of ether oxygens (including phenoxy) is 1. The summed E-state index contributed by atoms with van der Waals surface area (Å²) >= 11 is 0. The van der Waals surface area contributed by atoms with E-state index in [1.54, 1.807) is 7.11 Å². The summed E-state index contributed by atoms with van der Waals surface area (Å²) in [5.74, 6) is 1.10. The molecule has 0 fully saturated rings. The van der Waals surface area contributed by atoms with E-state index in [1.807, 2.05) is 43.3 Å². The second-order valence-corrected chi connectivity index (χ2v) is 6.70. The molecule has 1 aromatic heterocycles. The van der Waals surface area contributed by atoms with Crippen LogP contribution in [-0.4, -0.2) is 29.5 Å². The van der Waals surface area contributed by atoms with Crippen molar-refractivity contribution in [3.05, 3.63) is 77.1 Å². The third-order valence-electron chi connectivity index (χ3n) is 4.76. The molecule has 0 radical (unpaired) electrons. The summed E-state index contributed by atoms with van der Waals surface area (Å²) in [6.07, 6.45) is 4.68. The van der Waals surface area contributed by atoms with E-state index < -0.39 is 0 Å². The van der Waals surface area contributed by atoms with Crippen LogP contribution in [0.1, 0.15) is 34.0 Å². The molecule has 0 aliphatic rings. The van der Waals surface area contributed by atoms with Crippen LogP contribution < -0.4 is 15.4 Å². The molecule has 1 amide bonds. The lowest BCUT2D eigenvalue weighted by Gasteiger charge is -2.13. The molecule has 29 heavy (non-hydrogen) atoms. The predicted molar refractivity (Wildman–Crippen MR) is 115 cm³/mol. The van der Waals surface area contributed by atoms with Crippen LogP contribution >= 0.6 is 0 Å². The first kappa shape index (κ1) is 20.3. The molecular formula is C23H26N4O2. The summed E-state index contributed by atoms with van der Waals surface area (Å²) in [5.41, 5.74) is 4.83. The van der Waals surface area contributed by atoms with Crippen molar-refractivity contribution in [3.63, 3.8) is 0 Å². The van der Waals surface area contributed by atoms with Gasteiger partial charge in [-0.05, 0) is 42.5 Å². The number of hydrogen-bond donors (Lipinski definition) is 2. The third-order valence-corrected chi connectivity index (χ3v) is 4.76. The largest absolute Gasteiger partial charge is 0.496 e. The smallest absolute Gasteiger partial charge is 0.254 e. The van der Waals surface area contributed by atoms with Gasteiger partial charge >= 0.3 is 0 Å². The van der Waals surface area contributed by atoms with Crippen LogP contribution in [-0.2, 0) is 12.8 Å².